The lowest BCUT2D eigenvalue weighted by atomic mass is 9.99. The summed E-state index contributed by atoms with van der Waals surface area (Å²) >= 11 is 0. The second-order valence-corrected chi connectivity index (χ2v) is 3.88. The molecule has 0 bridgehead atoms. The fraction of sp³-hybridized carbons (Fsp3) is 0.364. The highest BCUT2D eigenvalue weighted by Crippen LogP contribution is 2.19. The van der Waals surface area contributed by atoms with E-state index in [1.807, 2.05) is 12.1 Å². The van der Waals surface area contributed by atoms with Crippen LogP contribution >= 0.6 is 0 Å². The average molecular weight is 205 g/mol. The number of carboxylic acid groups (broad SMARTS) is 1. The zero-order valence-electron chi connectivity index (χ0n) is 8.31. The van der Waals surface area contributed by atoms with Crippen molar-refractivity contribution in [2.24, 2.45) is 5.92 Å². The molecule has 0 aromatic heterocycles. The van der Waals surface area contributed by atoms with Crippen LogP contribution in [-0.4, -0.2) is 29.1 Å². The Morgan fingerprint density at radius 1 is 1.67 bits per heavy atom. The molecule has 3 N–H and O–H groups in total. The first-order valence-corrected chi connectivity index (χ1v) is 4.86. The molecule has 0 atom stereocenters. The highest BCUT2D eigenvalue weighted by Gasteiger charge is 2.31. The molecule has 0 amide bonds. The topological polar surface area (TPSA) is 66.6 Å². The summed E-state index contributed by atoms with van der Waals surface area (Å²) in [5.74, 6) is -0.898. The van der Waals surface area contributed by atoms with E-state index in [4.69, 9.17) is 10.8 Å². The number of likely N-dealkylation sites (tertiary alicyclic amines) is 1. The number of aliphatic carboxylic acids is 1. The van der Waals surface area contributed by atoms with Crippen LogP contribution < -0.4 is 5.73 Å². The molecular weight excluding hydrogens is 192 g/mol. The molecule has 0 saturated carbocycles. The molecule has 1 aromatic carbocycles. The average Bonchev–Trinajstić information content (AvgIpc) is 2.10. The number of nitrogens with two attached hydrogens (primary N) is 1. The Morgan fingerprint density at radius 3 is 3.00 bits per heavy atom. The van der Waals surface area contributed by atoms with Crippen LogP contribution in [0.3, 0.4) is 0 Å². The van der Waals surface area contributed by atoms with Gasteiger partial charge in [0.1, 0.15) is 0 Å². The summed E-state index contributed by atoms with van der Waals surface area (Å²) < 4.78 is 0. The van der Waals surface area contributed by atoms with E-state index in [0.29, 0.717) is 18.8 Å². The molecule has 4 heteroatoms. The minimum absolute atomic E-state index is 0.197. The van der Waals surface area contributed by atoms with Crippen molar-refractivity contribution in [2.75, 3.05) is 18.8 Å². The van der Waals surface area contributed by atoms with Gasteiger partial charge < -0.3 is 10.8 Å². The molecule has 4 nitrogen and oxygen atoms in total. The Hall–Kier alpha value is -1.55. The number of hydrogen-bond donors (Lipinski definition) is 2. The smallest absolute Gasteiger partial charge is 0.309 e. The van der Waals surface area contributed by atoms with Gasteiger partial charge in [-0.1, -0.05) is 12.1 Å². The third kappa shape index (κ3) is 2.27. The first-order chi connectivity index (χ1) is 7.15. The second kappa shape index (κ2) is 3.90. The number of benzene rings is 1. The van der Waals surface area contributed by atoms with Crippen LogP contribution in [-0.2, 0) is 11.3 Å². The molecule has 1 saturated heterocycles. The summed E-state index contributed by atoms with van der Waals surface area (Å²) in [5.41, 5.74) is 7.34. The van der Waals surface area contributed by atoms with E-state index in [9.17, 15) is 4.79 Å². The summed E-state index contributed by atoms with van der Waals surface area (Å²) in [6.07, 6.45) is 0. The van der Waals surface area contributed by atoms with Gasteiger partial charge in [0, 0.05) is 31.4 Å². The van der Waals surface area contributed by atoms with Gasteiger partial charge in [0.2, 0.25) is 0 Å². The summed E-state index contributed by atoms with van der Waals surface area (Å²) in [5, 5.41) is 8.71. The molecule has 1 heterocycles. The minimum atomic E-state index is -0.702. The normalized spacial score (nSPS) is 17.3. The van der Waals surface area contributed by atoms with Crippen LogP contribution in [0.1, 0.15) is 5.56 Å². The molecule has 79 valence electrons. The maximum Gasteiger partial charge on any atom is 0.309 e. The van der Waals surface area contributed by atoms with E-state index in [1.165, 1.54) is 0 Å². The number of carbonyl (C=O) groups is 1. The SMILES string of the molecule is Nc1[c]ccc(CN2CC(C(=O)O)C2)c1. The zero-order valence-corrected chi connectivity index (χ0v) is 8.31. The molecule has 1 radical (unpaired) electrons. The third-order valence-electron chi connectivity index (χ3n) is 2.60. The van der Waals surface area contributed by atoms with Crippen molar-refractivity contribution < 1.29 is 9.90 Å². The standard InChI is InChI=1S/C11H13N2O2/c12-10-3-1-2-8(4-10)5-13-6-9(7-13)11(14)15/h1-2,4,9H,5-7,12H2,(H,14,15). The molecule has 1 aromatic rings. The van der Waals surface area contributed by atoms with Gasteiger partial charge in [-0.25, -0.2) is 0 Å². The van der Waals surface area contributed by atoms with Crippen molar-refractivity contribution in [3.63, 3.8) is 0 Å². The summed E-state index contributed by atoms with van der Waals surface area (Å²) in [6, 6.07) is 8.48. The Balaban J connectivity index is 1.87. The predicted octanol–water partition coefficient (Wildman–Crippen LogP) is 0.585. The minimum Gasteiger partial charge on any atom is -0.481 e. The zero-order chi connectivity index (χ0) is 10.8. The van der Waals surface area contributed by atoms with Gasteiger partial charge in [0.05, 0.1) is 5.92 Å². The van der Waals surface area contributed by atoms with Gasteiger partial charge in [0.15, 0.2) is 0 Å². The molecule has 1 fully saturated rings. The van der Waals surface area contributed by atoms with Gasteiger partial charge in [-0.3, -0.25) is 9.69 Å². The maximum absolute atomic E-state index is 10.6. The lowest BCUT2D eigenvalue weighted by Gasteiger charge is -2.36. The van der Waals surface area contributed by atoms with Crippen LogP contribution in [0.4, 0.5) is 5.69 Å². The summed E-state index contributed by atoms with van der Waals surface area (Å²) in [6.45, 7) is 2.03. The number of rotatable bonds is 3. The fourth-order valence-electron chi connectivity index (χ4n) is 1.75. The quantitative estimate of drug-likeness (QED) is 0.708. The highest BCUT2D eigenvalue weighted by atomic mass is 16.4. The molecule has 15 heavy (non-hydrogen) atoms. The van der Waals surface area contributed by atoms with Crippen LogP contribution in [0.2, 0.25) is 0 Å². The van der Waals surface area contributed by atoms with Gasteiger partial charge in [-0.05, 0) is 11.6 Å². The lowest BCUT2D eigenvalue weighted by Crippen LogP contribution is -2.49. The van der Waals surface area contributed by atoms with Crippen molar-refractivity contribution in [1.29, 1.82) is 0 Å². The maximum atomic E-state index is 10.6. The fourth-order valence-corrected chi connectivity index (χ4v) is 1.75. The predicted molar refractivity (Wildman–Crippen MR) is 56.1 cm³/mol. The molecule has 2 rings (SSSR count). The Kier molecular flexibility index (Phi) is 2.60. The van der Waals surface area contributed by atoms with Crippen molar-refractivity contribution in [3.8, 4) is 0 Å². The number of nitrogens with zero attached hydrogens (tertiary/aromatic N) is 1. The van der Waals surface area contributed by atoms with Crippen molar-refractivity contribution in [3.05, 3.63) is 29.8 Å². The first kappa shape index (κ1) is 9.98. The Bertz CT molecular complexity index is 373. The van der Waals surface area contributed by atoms with Gasteiger partial charge in [0.25, 0.3) is 0 Å². The number of nitrogen functional groups attached to an aromatic ring is 1. The van der Waals surface area contributed by atoms with Crippen molar-refractivity contribution >= 4 is 11.7 Å². The van der Waals surface area contributed by atoms with E-state index in [2.05, 4.69) is 11.0 Å². The van der Waals surface area contributed by atoms with Crippen molar-refractivity contribution in [1.82, 2.24) is 4.90 Å². The molecule has 0 unspecified atom stereocenters. The molecule has 0 aliphatic carbocycles. The summed E-state index contributed by atoms with van der Waals surface area (Å²) in [7, 11) is 0. The van der Waals surface area contributed by atoms with Crippen molar-refractivity contribution in [2.45, 2.75) is 6.54 Å². The second-order valence-electron chi connectivity index (χ2n) is 3.88. The van der Waals surface area contributed by atoms with E-state index in [1.54, 1.807) is 6.07 Å². The molecule has 1 aliphatic rings. The third-order valence-corrected chi connectivity index (χ3v) is 2.60. The summed E-state index contributed by atoms with van der Waals surface area (Å²) in [4.78, 5) is 12.7. The lowest BCUT2D eigenvalue weighted by molar-refractivity contribution is -0.147. The number of hydrogen-bond acceptors (Lipinski definition) is 3. The van der Waals surface area contributed by atoms with E-state index < -0.39 is 5.97 Å². The Morgan fingerprint density at radius 2 is 2.40 bits per heavy atom. The Labute approximate surface area is 88.3 Å². The van der Waals surface area contributed by atoms with Gasteiger partial charge >= 0.3 is 5.97 Å². The monoisotopic (exact) mass is 205 g/mol. The van der Waals surface area contributed by atoms with Gasteiger partial charge in [-0.15, -0.1) is 0 Å². The highest BCUT2D eigenvalue weighted by molar-refractivity contribution is 5.71. The van der Waals surface area contributed by atoms with Gasteiger partial charge in [-0.2, -0.15) is 0 Å². The number of carboxylic acids is 1. The number of anilines is 1. The van der Waals surface area contributed by atoms with Crippen LogP contribution in [0.5, 0.6) is 0 Å². The van der Waals surface area contributed by atoms with E-state index in [-0.39, 0.29) is 5.92 Å². The molecule has 0 spiro atoms. The van der Waals surface area contributed by atoms with Crippen LogP contribution in [0.15, 0.2) is 18.2 Å². The molecular formula is C11H13N2O2. The van der Waals surface area contributed by atoms with Crippen LogP contribution in [0.25, 0.3) is 0 Å². The van der Waals surface area contributed by atoms with E-state index in [0.717, 1.165) is 12.1 Å². The first-order valence-electron chi connectivity index (χ1n) is 4.86. The largest absolute Gasteiger partial charge is 0.481 e. The van der Waals surface area contributed by atoms with E-state index >= 15 is 0 Å². The van der Waals surface area contributed by atoms with Crippen LogP contribution in [0, 0.1) is 12.0 Å². The molecule has 1 aliphatic heterocycles.